The lowest BCUT2D eigenvalue weighted by molar-refractivity contribution is 0.198. The molecule has 0 saturated carbocycles. The molecule has 0 spiro atoms. The molecule has 0 unspecified atom stereocenters. The number of aryl methyl sites for hydroxylation is 1. The Labute approximate surface area is 168 Å². The third kappa shape index (κ3) is 5.73. The number of nitrogens with one attached hydrogen (secondary N) is 2. The van der Waals surface area contributed by atoms with Crippen molar-refractivity contribution in [3.05, 3.63) is 65.2 Å². The first kappa shape index (κ1) is 20.2. The van der Waals surface area contributed by atoms with Gasteiger partial charge < -0.3 is 15.4 Å². The second kappa shape index (κ2) is 10.1. The molecule has 0 atom stereocenters. The minimum Gasteiger partial charge on any atom is -0.496 e. The molecule has 3 rings (SSSR count). The average Bonchev–Trinajstić information content (AvgIpc) is 2.73. The van der Waals surface area contributed by atoms with Crippen molar-refractivity contribution in [3.8, 4) is 5.75 Å². The second-order valence-electron chi connectivity index (χ2n) is 7.41. The highest BCUT2D eigenvalue weighted by Gasteiger charge is 2.20. The van der Waals surface area contributed by atoms with E-state index in [9.17, 15) is 0 Å². The van der Waals surface area contributed by atoms with Crippen LogP contribution >= 0.6 is 0 Å². The van der Waals surface area contributed by atoms with Crippen LogP contribution in [0.2, 0.25) is 0 Å². The maximum atomic E-state index is 5.33. The smallest absolute Gasteiger partial charge is 0.191 e. The minimum absolute atomic E-state index is 0.468. The molecule has 1 fully saturated rings. The zero-order chi connectivity index (χ0) is 19.8. The topological polar surface area (TPSA) is 48.9 Å². The van der Waals surface area contributed by atoms with Crippen LogP contribution in [0.4, 0.5) is 0 Å². The molecule has 0 amide bonds. The normalized spacial score (nSPS) is 16.0. The molecule has 2 aromatic carbocycles. The van der Waals surface area contributed by atoms with Gasteiger partial charge in [-0.05, 0) is 42.5 Å². The third-order valence-corrected chi connectivity index (χ3v) is 5.32. The van der Waals surface area contributed by atoms with Crippen molar-refractivity contribution in [2.75, 3.05) is 27.2 Å². The zero-order valence-electron chi connectivity index (χ0n) is 17.2. The van der Waals surface area contributed by atoms with Gasteiger partial charge in [-0.15, -0.1) is 0 Å². The van der Waals surface area contributed by atoms with Crippen molar-refractivity contribution in [2.24, 2.45) is 4.99 Å². The largest absolute Gasteiger partial charge is 0.496 e. The Morgan fingerprint density at radius 1 is 1.11 bits per heavy atom. The van der Waals surface area contributed by atoms with E-state index in [0.717, 1.165) is 56.3 Å². The van der Waals surface area contributed by atoms with Gasteiger partial charge in [0.05, 0.1) is 7.11 Å². The van der Waals surface area contributed by atoms with Crippen molar-refractivity contribution >= 4 is 5.96 Å². The summed E-state index contributed by atoms with van der Waals surface area (Å²) >= 11 is 0. The van der Waals surface area contributed by atoms with Crippen molar-refractivity contribution in [1.82, 2.24) is 15.5 Å². The lowest BCUT2D eigenvalue weighted by Crippen LogP contribution is -2.48. The van der Waals surface area contributed by atoms with Crippen LogP contribution in [0, 0.1) is 6.92 Å². The molecule has 1 aliphatic heterocycles. The van der Waals surface area contributed by atoms with Gasteiger partial charge in [-0.1, -0.05) is 42.5 Å². The summed E-state index contributed by atoms with van der Waals surface area (Å²) in [6.07, 6.45) is 2.27. The number of piperidine rings is 1. The third-order valence-electron chi connectivity index (χ3n) is 5.32. The molecule has 1 aliphatic rings. The number of hydrogen-bond donors (Lipinski definition) is 2. The van der Waals surface area contributed by atoms with Gasteiger partial charge in [0.1, 0.15) is 5.75 Å². The monoisotopic (exact) mass is 380 g/mol. The van der Waals surface area contributed by atoms with E-state index in [0.29, 0.717) is 6.04 Å². The summed E-state index contributed by atoms with van der Waals surface area (Å²) in [6, 6.07) is 17.4. The van der Waals surface area contributed by atoms with Crippen LogP contribution in [0.3, 0.4) is 0 Å². The van der Waals surface area contributed by atoms with Gasteiger partial charge >= 0.3 is 0 Å². The summed E-state index contributed by atoms with van der Waals surface area (Å²) in [5, 5.41) is 7.02. The number of nitrogens with zero attached hydrogens (tertiary/aromatic N) is 2. The van der Waals surface area contributed by atoms with E-state index in [4.69, 9.17) is 4.74 Å². The van der Waals surface area contributed by atoms with E-state index in [2.05, 4.69) is 69.9 Å². The molecule has 28 heavy (non-hydrogen) atoms. The van der Waals surface area contributed by atoms with Crippen molar-refractivity contribution in [1.29, 1.82) is 0 Å². The molecule has 0 aromatic heterocycles. The molecule has 1 heterocycles. The Hall–Kier alpha value is -2.53. The van der Waals surface area contributed by atoms with E-state index in [1.807, 2.05) is 13.1 Å². The standard InChI is InChI=1S/C23H32N4O/c1-18-15-20(9-10-22(18)28-3)16-25-23(24-2)26-21-11-13-27(14-12-21)17-19-7-5-4-6-8-19/h4-10,15,21H,11-14,16-17H2,1-3H3,(H2,24,25,26). The number of rotatable bonds is 6. The molecule has 1 saturated heterocycles. The van der Waals surface area contributed by atoms with Crippen LogP contribution in [0.5, 0.6) is 5.75 Å². The maximum Gasteiger partial charge on any atom is 0.191 e. The van der Waals surface area contributed by atoms with E-state index < -0.39 is 0 Å². The summed E-state index contributed by atoms with van der Waals surface area (Å²) in [4.78, 5) is 6.93. The number of guanidine groups is 1. The first-order valence-corrected chi connectivity index (χ1v) is 10.0. The SMILES string of the molecule is CN=C(NCc1ccc(OC)c(C)c1)NC1CCN(Cc2ccccc2)CC1. The molecule has 0 bridgehead atoms. The molecule has 5 nitrogen and oxygen atoms in total. The van der Waals surface area contributed by atoms with Crippen LogP contribution in [-0.2, 0) is 13.1 Å². The van der Waals surface area contributed by atoms with Gasteiger partial charge in [0.2, 0.25) is 0 Å². The van der Waals surface area contributed by atoms with E-state index in [1.54, 1.807) is 7.11 Å². The summed E-state index contributed by atoms with van der Waals surface area (Å²) in [5.74, 6) is 1.79. The quantitative estimate of drug-likeness (QED) is 0.596. The van der Waals surface area contributed by atoms with Crippen LogP contribution in [0.15, 0.2) is 53.5 Å². The summed E-state index contributed by atoms with van der Waals surface area (Å²) in [5.41, 5.74) is 3.76. The Kier molecular flexibility index (Phi) is 7.31. The first-order chi connectivity index (χ1) is 13.7. The van der Waals surface area contributed by atoms with Gasteiger partial charge in [0, 0.05) is 39.3 Å². The molecular weight excluding hydrogens is 348 g/mol. The molecule has 0 radical (unpaired) electrons. The predicted octanol–water partition coefficient (Wildman–Crippen LogP) is 3.33. The molecule has 0 aliphatic carbocycles. The fraction of sp³-hybridized carbons (Fsp3) is 0.435. The Morgan fingerprint density at radius 3 is 2.50 bits per heavy atom. The summed E-state index contributed by atoms with van der Waals surface area (Å²) in [6.45, 7) is 6.08. The first-order valence-electron chi connectivity index (χ1n) is 10.0. The fourth-order valence-electron chi connectivity index (χ4n) is 3.70. The maximum absolute atomic E-state index is 5.33. The molecule has 5 heteroatoms. The zero-order valence-corrected chi connectivity index (χ0v) is 17.2. The number of aliphatic imine (C=N–C) groups is 1. The number of hydrogen-bond acceptors (Lipinski definition) is 3. The lowest BCUT2D eigenvalue weighted by Gasteiger charge is -2.33. The Morgan fingerprint density at radius 2 is 1.86 bits per heavy atom. The van der Waals surface area contributed by atoms with Gasteiger partial charge in [0.15, 0.2) is 5.96 Å². The van der Waals surface area contributed by atoms with Crippen LogP contribution in [0.25, 0.3) is 0 Å². The number of benzene rings is 2. The van der Waals surface area contributed by atoms with Crippen molar-refractivity contribution < 1.29 is 4.74 Å². The van der Waals surface area contributed by atoms with E-state index in [1.165, 1.54) is 11.1 Å². The molecule has 2 N–H and O–H groups in total. The highest BCUT2D eigenvalue weighted by atomic mass is 16.5. The van der Waals surface area contributed by atoms with Gasteiger partial charge in [-0.3, -0.25) is 9.89 Å². The summed E-state index contributed by atoms with van der Waals surface area (Å²) in [7, 11) is 3.54. The van der Waals surface area contributed by atoms with Crippen molar-refractivity contribution in [3.63, 3.8) is 0 Å². The summed E-state index contributed by atoms with van der Waals surface area (Å²) < 4.78 is 5.33. The van der Waals surface area contributed by atoms with Crippen LogP contribution in [0.1, 0.15) is 29.5 Å². The average molecular weight is 381 g/mol. The number of likely N-dealkylation sites (tertiary alicyclic amines) is 1. The van der Waals surface area contributed by atoms with E-state index in [-0.39, 0.29) is 0 Å². The Balaban J connectivity index is 1.43. The minimum atomic E-state index is 0.468. The number of methoxy groups -OCH3 is 1. The second-order valence-corrected chi connectivity index (χ2v) is 7.41. The van der Waals surface area contributed by atoms with Crippen molar-refractivity contribution in [2.45, 2.75) is 38.9 Å². The van der Waals surface area contributed by atoms with Gasteiger partial charge in [-0.2, -0.15) is 0 Å². The van der Waals surface area contributed by atoms with Crippen LogP contribution < -0.4 is 15.4 Å². The van der Waals surface area contributed by atoms with Gasteiger partial charge in [-0.25, -0.2) is 0 Å². The number of ether oxygens (including phenoxy) is 1. The molecule has 2 aromatic rings. The lowest BCUT2D eigenvalue weighted by atomic mass is 10.0. The van der Waals surface area contributed by atoms with Gasteiger partial charge in [0.25, 0.3) is 0 Å². The Bertz CT molecular complexity index is 767. The fourth-order valence-corrected chi connectivity index (χ4v) is 3.70. The molecule has 150 valence electrons. The predicted molar refractivity (Wildman–Crippen MR) is 116 cm³/mol. The van der Waals surface area contributed by atoms with Crippen LogP contribution in [-0.4, -0.2) is 44.1 Å². The highest BCUT2D eigenvalue weighted by molar-refractivity contribution is 5.80. The molecular formula is C23H32N4O. The highest BCUT2D eigenvalue weighted by Crippen LogP contribution is 2.18. The van der Waals surface area contributed by atoms with E-state index >= 15 is 0 Å².